The molecule has 5 heteroatoms. The molecule has 0 aliphatic carbocycles. The molecular formula is C16H16N2O3. The maximum Gasteiger partial charge on any atom is 0.253 e. The van der Waals surface area contributed by atoms with Gasteiger partial charge in [-0.2, -0.15) is 0 Å². The summed E-state index contributed by atoms with van der Waals surface area (Å²) in [6.45, 7) is 3.47. The van der Waals surface area contributed by atoms with Crippen molar-refractivity contribution in [2.24, 2.45) is 0 Å². The second kappa shape index (κ2) is 6.73. The number of aliphatic hydroxyl groups is 1. The topological polar surface area (TPSA) is 75.4 Å². The van der Waals surface area contributed by atoms with Crippen molar-refractivity contribution in [1.29, 1.82) is 0 Å². The number of pyridine rings is 1. The van der Waals surface area contributed by atoms with Crippen LogP contribution in [-0.4, -0.2) is 22.6 Å². The summed E-state index contributed by atoms with van der Waals surface area (Å²) in [4.78, 5) is 16.1. The van der Waals surface area contributed by atoms with Crippen LogP contribution in [0, 0.1) is 18.8 Å². The summed E-state index contributed by atoms with van der Waals surface area (Å²) >= 11 is 0. The highest BCUT2D eigenvalue weighted by Gasteiger charge is 2.14. The van der Waals surface area contributed by atoms with Gasteiger partial charge in [0.2, 0.25) is 0 Å². The number of furan rings is 1. The number of carbonyl (C=O) groups is 1. The van der Waals surface area contributed by atoms with E-state index in [9.17, 15) is 4.79 Å². The predicted octanol–water partition coefficient (Wildman–Crippen LogP) is 1.82. The van der Waals surface area contributed by atoms with Gasteiger partial charge in [-0.15, -0.1) is 0 Å². The molecule has 0 aliphatic rings. The standard InChI is InChI=1S/C16H16N2O3/c1-11-5-6-15(21-11)12(2)18-16(20)14-8-13(4-3-7-19)9-17-10-14/h5-6,8-10,12,19H,7H2,1-2H3,(H,18,20). The van der Waals surface area contributed by atoms with Gasteiger partial charge in [0.05, 0.1) is 11.6 Å². The molecule has 0 spiro atoms. The van der Waals surface area contributed by atoms with Gasteiger partial charge in [-0.25, -0.2) is 0 Å². The Hall–Kier alpha value is -2.58. The average molecular weight is 284 g/mol. The predicted molar refractivity (Wildman–Crippen MR) is 77.5 cm³/mol. The number of hydrogen-bond acceptors (Lipinski definition) is 4. The Morgan fingerprint density at radius 3 is 2.95 bits per heavy atom. The third kappa shape index (κ3) is 3.94. The molecule has 2 aromatic rings. The Kier molecular flexibility index (Phi) is 4.75. The van der Waals surface area contributed by atoms with Gasteiger partial charge < -0.3 is 14.8 Å². The smallest absolute Gasteiger partial charge is 0.253 e. The van der Waals surface area contributed by atoms with Gasteiger partial charge in [0.25, 0.3) is 5.91 Å². The first-order valence-electron chi connectivity index (χ1n) is 6.52. The lowest BCUT2D eigenvalue weighted by atomic mass is 10.1. The van der Waals surface area contributed by atoms with Crippen molar-refractivity contribution in [3.63, 3.8) is 0 Å². The molecule has 0 radical (unpaired) electrons. The van der Waals surface area contributed by atoms with Crippen LogP contribution >= 0.6 is 0 Å². The van der Waals surface area contributed by atoms with Gasteiger partial charge >= 0.3 is 0 Å². The molecule has 2 aromatic heterocycles. The van der Waals surface area contributed by atoms with Crippen molar-refractivity contribution in [3.05, 3.63) is 53.2 Å². The SMILES string of the molecule is Cc1ccc(C(C)NC(=O)c2cncc(C#CCO)c2)o1. The van der Waals surface area contributed by atoms with Gasteiger partial charge in [-0.3, -0.25) is 9.78 Å². The number of carbonyl (C=O) groups excluding carboxylic acids is 1. The number of aromatic nitrogens is 1. The van der Waals surface area contributed by atoms with E-state index in [4.69, 9.17) is 9.52 Å². The maximum atomic E-state index is 12.2. The first-order valence-corrected chi connectivity index (χ1v) is 6.52. The number of nitrogens with zero attached hydrogens (tertiary/aromatic N) is 1. The fourth-order valence-electron chi connectivity index (χ4n) is 1.81. The molecule has 2 N–H and O–H groups in total. The van der Waals surface area contributed by atoms with Crippen LogP contribution < -0.4 is 5.32 Å². The monoisotopic (exact) mass is 284 g/mol. The molecule has 2 heterocycles. The highest BCUT2D eigenvalue weighted by atomic mass is 16.3. The van der Waals surface area contributed by atoms with Crippen molar-refractivity contribution in [2.45, 2.75) is 19.9 Å². The van der Waals surface area contributed by atoms with E-state index in [1.165, 1.54) is 6.20 Å². The molecular weight excluding hydrogens is 268 g/mol. The van der Waals surface area contributed by atoms with Crippen LogP contribution in [0.3, 0.4) is 0 Å². The van der Waals surface area contributed by atoms with Crippen LogP contribution in [0.5, 0.6) is 0 Å². The van der Waals surface area contributed by atoms with E-state index in [0.717, 1.165) is 5.76 Å². The zero-order valence-corrected chi connectivity index (χ0v) is 11.9. The second-order valence-electron chi connectivity index (χ2n) is 4.57. The fraction of sp³-hybridized carbons (Fsp3) is 0.250. The Balaban J connectivity index is 2.09. The van der Waals surface area contributed by atoms with Crippen molar-refractivity contribution in [3.8, 4) is 11.8 Å². The van der Waals surface area contributed by atoms with Gasteiger partial charge in [0, 0.05) is 18.0 Å². The number of hydrogen-bond donors (Lipinski definition) is 2. The third-order valence-corrected chi connectivity index (χ3v) is 2.85. The Labute approximate surface area is 123 Å². The zero-order valence-electron chi connectivity index (χ0n) is 11.9. The van der Waals surface area contributed by atoms with Crippen LogP contribution in [0.15, 0.2) is 35.0 Å². The molecule has 108 valence electrons. The Bertz CT molecular complexity index is 695. The summed E-state index contributed by atoms with van der Waals surface area (Å²) in [5.41, 5.74) is 0.994. The minimum Gasteiger partial charge on any atom is -0.464 e. The zero-order chi connectivity index (χ0) is 15.2. The van der Waals surface area contributed by atoms with E-state index in [1.54, 1.807) is 12.3 Å². The first-order chi connectivity index (χ1) is 10.1. The molecule has 21 heavy (non-hydrogen) atoms. The molecule has 0 saturated heterocycles. The van der Waals surface area contributed by atoms with E-state index in [-0.39, 0.29) is 18.6 Å². The average Bonchev–Trinajstić information content (AvgIpc) is 2.92. The van der Waals surface area contributed by atoms with E-state index in [1.807, 2.05) is 26.0 Å². The lowest BCUT2D eigenvalue weighted by Crippen LogP contribution is -2.26. The van der Waals surface area contributed by atoms with E-state index < -0.39 is 0 Å². The van der Waals surface area contributed by atoms with Crippen molar-refractivity contribution < 1.29 is 14.3 Å². The summed E-state index contributed by atoms with van der Waals surface area (Å²) in [6.07, 6.45) is 3.01. The third-order valence-electron chi connectivity index (χ3n) is 2.85. The molecule has 1 atom stereocenters. The number of nitrogens with one attached hydrogen (secondary N) is 1. The number of rotatable bonds is 3. The molecule has 2 rings (SSSR count). The first kappa shape index (κ1) is 14.8. The summed E-state index contributed by atoms with van der Waals surface area (Å²) in [7, 11) is 0. The number of amides is 1. The minimum atomic E-state index is -0.253. The fourth-order valence-corrected chi connectivity index (χ4v) is 1.81. The van der Waals surface area contributed by atoms with Crippen molar-refractivity contribution in [2.75, 3.05) is 6.61 Å². The lowest BCUT2D eigenvalue weighted by Gasteiger charge is -2.11. The van der Waals surface area contributed by atoms with E-state index in [2.05, 4.69) is 22.1 Å². The Morgan fingerprint density at radius 1 is 1.48 bits per heavy atom. The molecule has 0 aromatic carbocycles. The summed E-state index contributed by atoms with van der Waals surface area (Å²) in [5.74, 6) is 6.48. The largest absolute Gasteiger partial charge is 0.464 e. The van der Waals surface area contributed by atoms with Crippen molar-refractivity contribution in [1.82, 2.24) is 10.3 Å². The minimum absolute atomic E-state index is 0.231. The molecule has 5 nitrogen and oxygen atoms in total. The Morgan fingerprint density at radius 2 is 2.29 bits per heavy atom. The maximum absolute atomic E-state index is 12.2. The number of aryl methyl sites for hydroxylation is 1. The van der Waals surface area contributed by atoms with Crippen LogP contribution in [0.1, 0.15) is 40.4 Å². The molecule has 0 bridgehead atoms. The lowest BCUT2D eigenvalue weighted by molar-refractivity contribution is 0.0934. The van der Waals surface area contributed by atoms with Gasteiger partial charge in [0.15, 0.2) is 0 Å². The van der Waals surface area contributed by atoms with Crippen molar-refractivity contribution >= 4 is 5.91 Å². The summed E-state index contributed by atoms with van der Waals surface area (Å²) in [6, 6.07) is 5.08. The normalized spacial score (nSPS) is 11.4. The van der Waals surface area contributed by atoms with Crippen LogP contribution in [0.2, 0.25) is 0 Å². The number of aliphatic hydroxyl groups excluding tert-OH is 1. The summed E-state index contributed by atoms with van der Waals surface area (Å²) in [5, 5.41) is 11.5. The van der Waals surface area contributed by atoms with Crippen LogP contribution in [-0.2, 0) is 0 Å². The van der Waals surface area contributed by atoms with E-state index in [0.29, 0.717) is 16.9 Å². The molecule has 0 fully saturated rings. The quantitative estimate of drug-likeness (QED) is 0.843. The molecule has 1 unspecified atom stereocenters. The molecule has 0 aliphatic heterocycles. The molecule has 1 amide bonds. The van der Waals surface area contributed by atoms with Gasteiger partial charge in [-0.1, -0.05) is 11.8 Å². The summed E-state index contributed by atoms with van der Waals surface area (Å²) < 4.78 is 5.48. The van der Waals surface area contributed by atoms with Gasteiger partial charge in [0.1, 0.15) is 18.1 Å². The van der Waals surface area contributed by atoms with Crippen LogP contribution in [0.4, 0.5) is 0 Å². The van der Waals surface area contributed by atoms with Gasteiger partial charge in [-0.05, 0) is 32.0 Å². The second-order valence-corrected chi connectivity index (χ2v) is 4.57. The van der Waals surface area contributed by atoms with E-state index >= 15 is 0 Å². The van der Waals surface area contributed by atoms with Crippen LogP contribution in [0.25, 0.3) is 0 Å². The molecule has 0 saturated carbocycles. The highest BCUT2D eigenvalue weighted by Crippen LogP contribution is 2.16. The highest BCUT2D eigenvalue weighted by molar-refractivity contribution is 5.94.